The Labute approximate surface area is 154 Å². The Kier molecular flexibility index (Phi) is 5.46. The monoisotopic (exact) mass is 373 g/mol. The summed E-state index contributed by atoms with van der Waals surface area (Å²) in [6, 6.07) is 5.96. The highest BCUT2D eigenvalue weighted by Crippen LogP contribution is 2.26. The van der Waals surface area contributed by atoms with E-state index in [1.165, 1.54) is 23.5 Å². The van der Waals surface area contributed by atoms with Crippen molar-refractivity contribution in [1.29, 1.82) is 0 Å². The molecule has 0 aliphatic heterocycles. The van der Waals surface area contributed by atoms with E-state index in [4.69, 9.17) is 0 Å². The van der Waals surface area contributed by atoms with Gasteiger partial charge in [-0.15, -0.1) is 11.3 Å². The summed E-state index contributed by atoms with van der Waals surface area (Å²) in [6.07, 6.45) is 3.45. The summed E-state index contributed by atoms with van der Waals surface area (Å²) in [7, 11) is 0. The number of amides is 1. The molecule has 7 heteroatoms. The van der Waals surface area contributed by atoms with Crippen LogP contribution in [0.4, 0.5) is 4.39 Å². The number of halogens is 1. The van der Waals surface area contributed by atoms with Crippen molar-refractivity contribution in [3.8, 4) is 0 Å². The molecule has 2 heterocycles. The first-order valence-electron chi connectivity index (χ1n) is 8.52. The van der Waals surface area contributed by atoms with Crippen LogP contribution in [0.1, 0.15) is 40.6 Å². The topological polar surface area (TPSA) is 64.0 Å². The molecule has 1 N–H and O–H groups in total. The molecular weight excluding hydrogens is 353 g/mol. The molecule has 0 spiro atoms. The maximum Gasteiger partial charge on any atom is 0.262 e. The molecule has 0 aliphatic carbocycles. The molecule has 26 heavy (non-hydrogen) atoms. The van der Waals surface area contributed by atoms with Gasteiger partial charge in [-0.3, -0.25) is 14.2 Å². The smallest absolute Gasteiger partial charge is 0.262 e. The van der Waals surface area contributed by atoms with Crippen LogP contribution in [-0.4, -0.2) is 15.5 Å². The van der Waals surface area contributed by atoms with Crippen LogP contribution < -0.4 is 10.9 Å². The molecular formula is C19H20FN3O2S. The van der Waals surface area contributed by atoms with Gasteiger partial charge in [0.25, 0.3) is 11.5 Å². The number of nitrogens with one attached hydrogen (secondary N) is 1. The molecule has 3 rings (SSSR count). The highest BCUT2D eigenvalue weighted by Gasteiger charge is 2.19. The van der Waals surface area contributed by atoms with E-state index in [9.17, 15) is 14.0 Å². The van der Waals surface area contributed by atoms with Crippen molar-refractivity contribution in [1.82, 2.24) is 14.9 Å². The third-order valence-electron chi connectivity index (χ3n) is 4.24. The van der Waals surface area contributed by atoms with Crippen molar-refractivity contribution in [2.75, 3.05) is 0 Å². The number of hydrogen-bond donors (Lipinski definition) is 1. The van der Waals surface area contributed by atoms with Gasteiger partial charge in [0.15, 0.2) is 0 Å². The molecule has 136 valence electrons. The molecule has 5 nitrogen and oxygen atoms in total. The van der Waals surface area contributed by atoms with Crippen LogP contribution in [0.2, 0.25) is 0 Å². The zero-order valence-electron chi connectivity index (χ0n) is 14.7. The van der Waals surface area contributed by atoms with E-state index < -0.39 is 0 Å². The van der Waals surface area contributed by atoms with Crippen LogP contribution in [0.5, 0.6) is 0 Å². The predicted octanol–water partition coefficient (Wildman–Crippen LogP) is 3.64. The molecule has 0 aliphatic rings. The second-order valence-corrected chi connectivity index (χ2v) is 7.14. The Morgan fingerprint density at radius 2 is 2.04 bits per heavy atom. The Bertz CT molecular complexity index is 992. The van der Waals surface area contributed by atoms with Crippen molar-refractivity contribution >= 4 is 27.5 Å². The van der Waals surface area contributed by atoms with Gasteiger partial charge in [-0.2, -0.15) is 0 Å². The number of carbonyl (C=O) groups is 1. The van der Waals surface area contributed by atoms with E-state index in [1.54, 1.807) is 30.0 Å². The minimum absolute atomic E-state index is 0.102. The number of rotatable bonds is 6. The van der Waals surface area contributed by atoms with Crippen LogP contribution >= 0.6 is 11.3 Å². The Balaban J connectivity index is 1.84. The first-order chi connectivity index (χ1) is 12.5. The predicted molar refractivity (Wildman–Crippen MR) is 101 cm³/mol. The van der Waals surface area contributed by atoms with Crippen molar-refractivity contribution < 1.29 is 9.18 Å². The zero-order chi connectivity index (χ0) is 18.7. The van der Waals surface area contributed by atoms with Gasteiger partial charge in [-0.25, -0.2) is 9.37 Å². The number of hydrogen-bond acceptors (Lipinski definition) is 4. The molecule has 0 saturated heterocycles. The lowest BCUT2D eigenvalue weighted by molar-refractivity contribution is 0.0954. The summed E-state index contributed by atoms with van der Waals surface area (Å²) in [5.41, 5.74) is 1.36. The van der Waals surface area contributed by atoms with Gasteiger partial charge in [0, 0.05) is 13.1 Å². The molecule has 0 saturated carbocycles. The molecule has 1 amide bonds. The molecule has 0 fully saturated rings. The van der Waals surface area contributed by atoms with Crippen molar-refractivity contribution in [3.05, 3.63) is 62.8 Å². The standard InChI is InChI=1S/C19H20FN3O2S/c1-3-4-9-23-11-22-18-15(19(23)25)12(2)16(26-18)17(24)21-10-13-5-7-14(20)8-6-13/h5-8,11H,3-4,9-10H2,1-2H3,(H,21,24). The average molecular weight is 373 g/mol. The molecule has 0 bridgehead atoms. The van der Waals surface area contributed by atoms with Gasteiger partial charge < -0.3 is 5.32 Å². The van der Waals surface area contributed by atoms with Crippen molar-refractivity contribution in [3.63, 3.8) is 0 Å². The lowest BCUT2D eigenvalue weighted by Gasteiger charge is -2.05. The van der Waals surface area contributed by atoms with Crippen LogP contribution in [0.25, 0.3) is 10.2 Å². The number of carbonyl (C=O) groups excluding carboxylic acids is 1. The summed E-state index contributed by atoms with van der Waals surface area (Å²) in [6.45, 7) is 4.76. The Hall–Kier alpha value is -2.54. The molecule has 0 radical (unpaired) electrons. The minimum atomic E-state index is -0.314. The lowest BCUT2D eigenvalue weighted by atomic mass is 10.2. The fraction of sp³-hybridized carbons (Fsp3) is 0.316. The van der Waals surface area contributed by atoms with E-state index in [2.05, 4.69) is 17.2 Å². The van der Waals surface area contributed by atoms with Gasteiger partial charge in [0.05, 0.1) is 16.6 Å². The third kappa shape index (κ3) is 3.67. The summed E-state index contributed by atoms with van der Waals surface area (Å²) < 4.78 is 14.5. The number of aryl methyl sites for hydroxylation is 2. The van der Waals surface area contributed by atoms with Crippen molar-refractivity contribution in [2.24, 2.45) is 0 Å². The minimum Gasteiger partial charge on any atom is -0.347 e. The van der Waals surface area contributed by atoms with E-state index in [-0.39, 0.29) is 17.3 Å². The van der Waals surface area contributed by atoms with E-state index in [0.717, 1.165) is 18.4 Å². The largest absolute Gasteiger partial charge is 0.347 e. The summed E-state index contributed by atoms with van der Waals surface area (Å²) in [5, 5.41) is 3.33. The van der Waals surface area contributed by atoms with Gasteiger partial charge >= 0.3 is 0 Å². The fourth-order valence-corrected chi connectivity index (χ4v) is 3.78. The van der Waals surface area contributed by atoms with Crippen LogP contribution in [0, 0.1) is 12.7 Å². The van der Waals surface area contributed by atoms with Crippen LogP contribution in [0.15, 0.2) is 35.4 Å². The first kappa shape index (κ1) is 18.3. The summed E-state index contributed by atoms with van der Waals surface area (Å²) in [4.78, 5) is 30.6. The van der Waals surface area contributed by atoms with Crippen LogP contribution in [0.3, 0.4) is 0 Å². The van der Waals surface area contributed by atoms with Gasteiger partial charge in [-0.05, 0) is 36.6 Å². The maximum absolute atomic E-state index is 12.9. The average Bonchev–Trinajstić information content (AvgIpc) is 2.98. The van der Waals surface area contributed by atoms with Gasteiger partial charge in [0.2, 0.25) is 0 Å². The van der Waals surface area contributed by atoms with Gasteiger partial charge in [-0.1, -0.05) is 25.5 Å². The molecule has 3 aromatic rings. The van der Waals surface area contributed by atoms with Crippen LogP contribution in [-0.2, 0) is 13.1 Å². The molecule has 0 unspecified atom stereocenters. The highest BCUT2D eigenvalue weighted by atomic mass is 32.1. The number of benzene rings is 1. The van der Waals surface area contributed by atoms with Crippen molar-refractivity contribution in [2.45, 2.75) is 39.8 Å². The Morgan fingerprint density at radius 1 is 1.31 bits per heavy atom. The molecule has 1 aromatic carbocycles. The number of nitrogens with zero attached hydrogens (tertiary/aromatic N) is 2. The molecule has 0 atom stereocenters. The number of thiophene rings is 1. The van der Waals surface area contributed by atoms with E-state index in [0.29, 0.717) is 33.7 Å². The molecule has 2 aromatic heterocycles. The zero-order valence-corrected chi connectivity index (χ0v) is 15.5. The maximum atomic E-state index is 12.9. The number of fused-ring (bicyclic) bond motifs is 1. The third-order valence-corrected chi connectivity index (χ3v) is 5.44. The fourth-order valence-electron chi connectivity index (χ4n) is 2.73. The lowest BCUT2D eigenvalue weighted by Crippen LogP contribution is -2.23. The second kappa shape index (κ2) is 7.78. The van der Waals surface area contributed by atoms with E-state index >= 15 is 0 Å². The Morgan fingerprint density at radius 3 is 2.73 bits per heavy atom. The highest BCUT2D eigenvalue weighted by molar-refractivity contribution is 7.20. The first-order valence-corrected chi connectivity index (χ1v) is 9.34. The quantitative estimate of drug-likeness (QED) is 0.718. The number of unbranched alkanes of at least 4 members (excludes halogenated alkanes) is 1. The van der Waals surface area contributed by atoms with Gasteiger partial charge in [0.1, 0.15) is 10.6 Å². The summed E-state index contributed by atoms with van der Waals surface area (Å²) in [5.74, 6) is -0.569. The summed E-state index contributed by atoms with van der Waals surface area (Å²) >= 11 is 1.22. The second-order valence-electron chi connectivity index (χ2n) is 6.14. The SMILES string of the molecule is CCCCn1cnc2sc(C(=O)NCc3ccc(F)cc3)c(C)c2c1=O. The van der Waals surface area contributed by atoms with E-state index in [1.807, 2.05) is 0 Å². The number of aromatic nitrogens is 2. The normalized spacial score (nSPS) is 11.0.